The highest BCUT2D eigenvalue weighted by Gasteiger charge is 2.13. The van der Waals surface area contributed by atoms with Gasteiger partial charge in [0.15, 0.2) is 0 Å². The van der Waals surface area contributed by atoms with Crippen molar-refractivity contribution < 1.29 is 4.79 Å². The number of nitrogens with one attached hydrogen (secondary N) is 1. The Kier molecular flexibility index (Phi) is 4.98. The van der Waals surface area contributed by atoms with Crippen LogP contribution < -0.4 is 11.1 Å². The van der Waals surface area contributed by atoms with E-state index < -0.39 is 0 Å². The third kappa shape index (κ3) is 4.06. The number of nitrogens with two attached hydrogens (primary N) is 1. The zero-order valence-corrected chi connectivity index (χ0v) is 12.9. The fraction of sp³-hybridized carbons (Fsp3) is 0.333. The van der Waals surface area contributed by atoms with Crippen molar-refractivity contribution in [1.82, 2.24) is 15.1 Å². The number of hydrogen-bond donors (Lipinski definition) is 2. The van der Waals surface area contributed by atoms with Crippen LogP contribution in [-0.2, 0) is 0 Å². The maximum Gasteiger partial charge on any atom is 0.254 e. The Labute approximate surface area is 129 Å². The molecule has 1 amide bonds. The third-order valence-electron chi connectivity index (χ3n) is 3.12. The Balaban J connectivity index is 2.11. The van der Waals surface area contributed by atoms with Crippen LogP contribution in [0.25, 0.3) is 5.69 Å². The van der Waals surface area contributed by atoms with Gasteiger partial charge in [0.25, 0.3) is 5.91 Å². The van der Waals surface area contributed by atoms with Gasteiger partial charge in [-0.05, 0) is 44.5 Å². The normalized spacial score (nSPS) is 12.2. The molecule has 0 bridgehead atoms. The second kappa shape index (κ2) is 6.74. The van der Waals surface area contributed by atoms with Crippen LogP contribution in [0.3, 0.4) is 0 Å². The van der Waals surface area contributed by atoms with Gasteiger partial charge >= 0.3 is 0 Å². The van der Waals surface area contributed by atoms with E-state index in [1.807, 2.05) is 26.0 Å². The molecule has 0 aliphatic heterocycles. The van der Waals surface area contributed by atoms with Gasteiger partial charge in [-0.1, -0.05) is 11.6 Å². The van der Waals surface area contributed by atoms with E-state index in [0.29, 0.717) is 22.8 Å². The summed E-state index contributed by atoms with van der Waals surface area (Å²) in [6, 6.07) is 7.36. The predicted molar refractivity (Wildman–Crippen MR) is 83.9 cm³/mol. The minimum atomic E-state index is -0.131. The van der Waals surface area contributed by atoms with Gasteiger partial charge < -0.3 is 11.1 Å². The minimum absolute atomic E-state index is 0.0724. The van der Waals surface area contributed by atoms with Crippen molar-refractivity contribution in [3.63, 3.8) is 0 Å². The number of hydrogen-bond acceptors (Lipinski definition) is 3. The summed E-state index contributed by atoms with van der Waals surface area (Å²) in [5, 5.41) is 7.88. The van der Waals surface area contributed by atoms with Crippen molar-refractivity contribution in [2.24, 2.45) is 5.73 Å². The van der Waals surface area contributed by atoms with Gasteiger partial charge in [0.2, 0.25) is 0 Å². The molecule has 0 radical (unpaired) electrons. The van der Waals surface area contributed by atoms with Crippen LogP contribution in [0.4, 0.5) is 0 Å². The molecule has 3 N–H and O–H groups in total. The second-order valence-electron chi connectivity index (χ2n) is 5.07. The minimum Gasteiger partial charge on any atom is -0.352 e. The molecule has 21 heavy (non-hydrogen) atoms. The number of rotatable bonds is 5. The molecule has 1 aromatic carbocycles. The van der Waals surface area contributed by atoms with Crippen LogP contribution in [0.5, 0.6) is 0 Å². The quantitative estimate of drug-likeness (QED) is 0.890. The number of amides is 1. The molecule has 2 aromatic rings. The van der Waals surface area contributed by atoms with Gasteiger partial charge in [-0.25, -0.2) is 4.68 Å². The maximum absolute atomic E-state index is 12.1. The largest absolute Gasteiger partial charge is 0.352 e. The van der Waals surface area contributed by atoms with E-state index in [0.717, 1.165) is 12.1 Å². The Hall–Kier alpha value is -1.85. The molecule has 1 atom stereocenters. The van der Waals surface area contributed by atoms with Gasteiger partial charge in [-0.3, -0.25) is 4.79 Å². The van der Waals surface area contributed by atoms with Crippen molar-refractivity contribution in [2.75, 3.05) is 6.54 Å². The zero-order valence-electron chi connectivity index (χ0n) is 12.1. The smallest absolute Gasteiger partial charge is 0.254 e. The van der Waals surface area contributed by atoms with Crippen LogP contribution in [0, 0.1) is 6.92 Å². The lowest BCUT2D eigenvalue weighted by Crippen LogP contribution is -2.29. The second-order valence-corrected chi connectivity index (χ2v) is 5.51. The van der Waals surface area contributed by atoms with Crippen LogP contribution in [0.1, 0.15) is 29.4 Å². The van der Waals surface area contributed by atoms with Crippen molar-refractivity contribution in [1.29, 1.82) is 0 Å². The molecule has 1 unspecified atom stereocenters. The highest BCUT2D eigenvalue weighted by molar-refractivity contribution is 6.30. The first-order valence-corrected chi connectivity index (χ1v) is 7.21. The summed E-state index contributed by atoms with van der Waals surface area (Å²) < 4.78 is 1.67. The molecule has 0 aliphatic rings. The molecule has 0 aliphatic carbocycles. The van der Waals surface area contributed by atoms with Gasteiger partial charge in [-0.15, -0.1) is 0 Å². The number of benzene rings is 1. The molecule has 2 rings (SSSR count). The van der Waals surface area contributed by atoms with E-state index in [4.69, 9.17) is 17.3 Å². The van der Waals surface area contributed by atoms with Gasteiger partial charge in [0, 0.05) is 23.8 Å². The number of aryl methyl sites for hydroxylation is 1. The first-order chi connectivity index (χ1) is 9.97. The number of halogens is 1. The first kappa shape index (κ1) is 15.5. The van der Waals surface area contributed by atoms with Crippen LogP contribution in [0.15, 0.2) is 30.5 Å². The summed E-state index contributed by atoms with van der Waals surface area (Å²) in [4.78, 5) is 12.1. The molecule has 0 fully saturated rings. The Bertz CT molecular complexity index is 619. The summed E-state index contributed by atoms with van der Waals surface area (Å²) in [6.45, 7) is 4.28. The van der Waals surface area contributed by atoms with Gasteiger partial charge in [0.05, 0.1) is 16.9 Å². The number of carbonyl (C=O) groups excluding carboxylic acids is 1. The average molecular weight is 307 g/mol. The average Bonchev–Trinajstić information content (AvgIpc) is 2.81. The molecular formula is C15H19ClN4O. The van der Waals surface area contributed by atoms with Crippen molar-refractivity contribution in [2.45, 2.75) is 26.3 Å². The highest BCUT2D eigenvalue weighted by Crippen LogP contribution is 2.15. The maximum atomic E-state index is 12.1. The van der Waals surface area contributed by atoms with Crippen molar-refractivity contribution in [3.05, 3.63) is 46.7 Å². The molecule has 5 nitrogen and oxygen atoms in total. The zero-order chi connectivity index (χ0) is 15.4. The Morgan fingerprint density at radius 3 is 2.71 bits per heavy atom. The van der Waals surface area contributed by atoms with Gasteiger partial charge in [0.1, 0.15) is 0 Å². The van der Waals surface area contributed by atoms with Gasteiger partial charge in [-0.2, -0.15) is 5.10 Å². The molecule has 112 valence electrons. The number of carbonyl (C=O) groups is 1. The summed E-state index contributed by atoms with van der Waals surface area (Å²) in [5.74, 6) is -0.131. The topological polar surface area (TPSA) is 72.9 Å². The number of aromatic nitrogens is 2. The Morgan fingerprint density at radius 2 is 2.10 bits per heavy atom. The van der Waals surface area contributed by atoms with E-state index in [1.165, 1.54) is 0 Å². The number of nitrogens with zero attached hydrogens (tertiary/aromatic N) is 2. The summed E-state index contributed by atoms with van der Waals surface area (Å²) in [7, 11) is 0. The van der Waals surface area contributed by atoms with E-state index >= 15 is 0 Å². The molecule has 1 heterocycles. The lowest BCUT2D eigenvalue weighted by Gasteiger charge is -2.06. The SMILES string of the molecule is Cc1nn(-c2ccc(Cl)cc2)cc1C(=O)NCCC(C)N. The fourth-order valence-corrected chi connectivity index (χ4v) is 2.04. The van der Waals surface area contributed by atoms with E-state index in [-0.39, 0.29) is 11.9 Å². The fourth-order valence-electron chi connectivity index (χ4n) is 1.92. The van der Waals surface area contributed by atoms with Crippen molar-refractivity contribution >= 4 is 17.5 Å². The van der Waals surface area contributed by atoms with E-state index in [1.54, 1.807) is 23.0 Å². The molecule has 0 saturated heterocycles. The lowest BCUT2D eigenvalue weighted by molar-refractivity contribution is 0.0952. The monoisotopic (exact) mass is 306 g/mol. The van der Waals surface area contributed by atoms with Crippen LogP contribution >= 0.6 is 11.6 Å². The third-order valence-corrected chi connectivity index (χ3v) is 3.37. The molecule has 0 spiro atoms. The standard InChI is InChI=1S/C15H19ClN4O/c1-10(17)7-8-18-15(21)14-9-20(19-11(14)2)13-5-3-12(16)4-6-13/h3-6,9-10H,7-8,17H2,1-2H3,(H,18,21). The molecule has 6 heteroatoms. The predicted octanol–water partition coefficient (Wildman–Crippen LogP) is 2.30. The van der Waals surface area contributed by atoms with Crippen LogP contribution in [-0.4, -0.2) is 28.3 Å². The lowest BCUT2D eigenvalue weighted by atomic mass is 10.2. The van der Waals surface area contributed by atoms with Crippen LogP contribution in [0.2, 0.25) is 5.02 Å². The molecule has 1 aromatic heterocycles. The summed E-state index contributed by atoms with van der Waals surface area (Å²) in [6.07, 6.45) is 2.47. The summed E-state index contributed by atoms with van der Waals surface area (Å²) >= 11 is 5.86. The Morgan fingerprint density at radius 1 is 1.43 bits per heavy atom. The molecule has 0 saturated carbocycles. The highest BCUT2D eigenvalue weighted by atomic mass is 35.5. The first-order valence-electron chi connectivity index (χ1n) is 6.83. The van der Waals surface area contributed by atoms with Crippen molar-refractivity contribution in [3.8, 4) is 5.69 Å². The summed E-state index contributed by atoms with van der Waals surface area (Å²) in [5.41, 5.74) is 7.77. The molecular weight excluding hydrogens is 288 g/mol. The van der Waals surface area contributed by atoms with E-state index in [9.17, 15) is 4.79 Å². The van der Waals surface area contributed by atoms with E-state index in [2.05, 4.69) is 10.4 Å².